The Morgan fingerprint density at radius 2 is 2.11 bits per heavy atom. The lowest BCUT2D eigenvalue weighted by molar-refractivity contribution is 0.673. The van der Waals surface area contributed by atoms with Gasteiger partial charge in [0.2, 0.25) is 0 Å². The zero-order chi connectivity index (χ0) is 13.6. The summed E-state index contributed by atoms with van der Waals surface area (Å²) in [5.74, 6) is 0. The molecule has 0 bridgehead atoms. The van der Waals surface area contributed by atoms with Gasteiger partial charge in [-0.05, 0) is 30.5 Å². The smallest absolute Gasteiger partial charge is 0.0865 e. The maximum absolute atomic E-state index is 6.29. The topological polar surface area (TPSA) is 48.8 Å². The molecular weight excluding hydrogens is 260 g/mol. The minimum atomic E-state index is 0.684. The number of nitrogen functional groups attached to an aromatic ring is 1. The number of halogens is 1. The summed E-state index contributed by atoms with van der Waals surface area (Å²) in [4.78, 5) is 0. The highest BCUT2D eigenvalue weighted by atomic mass is 35.5. The fourth-order valence-electron chi connectivity index (χ4n) is 2.35. The number of benzene rings is 1. The molecule has 2 aromatic heterocycles. The lowest BCUT2D eigenvalue weighted by Crippen LogP contribution is -2.05. The Kier molecular flexibility index (Phi) is 2.75. The fourth-order valence-corrected chi connectivity index (χ4v) is 2.57. The normalized spacial score (nSPS) is 11.3. The molecule has 2 N–H and O–H groups in total. The van der Waals surface area contributed by atoms with E-state index in [0.717, 1.165) is 27.6 Å². The molecule has 0 aliphatic carbocycles. The molecule has 0 saturated heterocycles. The van der Waals surface area contributed by atoms with Gasteiger partial charge in [0.15, 0.2) is 0 Å². The van der Waals surface area contributed by atoms with Gasteiger partial charge in [-0.2, -0.15) is 5.10 Å². The first-order valence-corrected chi connectivity index (χ1v) is 6.46. The van der Waals surface area contributed by atoms with Gasteiger partial charge in [-0.25, -0.2) is 0 Å². The average Bonchev–Trinajstić information content (AvgIpc) is 2.86. The first-order chi connectivity index (χ1) is 9.06. The highest BCUT2D eigenvalue weighted by molar-refractivity contribution is 6.31. The highest BCUT2D eigenvalue weighted by Gasteiger charge is 2.12. The van der Waals surface area contributed by atoms with E-state index in [1.54, 1.807) is 0 Å². The molecule has 4 nitrogen and oxygen atoms in total. The number of nitrogens with zero attached hydrogens (tertiary/aromatic N) is 3. The number of aryl methyl sites for hydroxylation is 2. The van der Waals surface area contributed by atoms with Crippen molar-refractivity contribution in [2.75, 3.05) is 5.73 Å². The van der Waals surface area contributed by atoms with E-state index in [0.29, 0.717) is 6.54 Å². The van der Waals surface area contributed by atoms with Crippen LogP contribution in [0, 0.1) is 6.92 Å². The van der Waals surface area contributed by atoms with Crippen molar-refractivity contribution in [3.63, 3.8) is 0 Å². The Bertz CT molecular complexity index is 754. The van der Waals surface area contributed by atoms with Gasteiger partial charge < -0.3 is 10.3 Å². The predicted octanol–water partition coefficient (Wildman–Crippen LogP) is 2.97. The number of hydrogen-bond donors (Lipinski definition) is 1. The third-order valence-corrected chi connectivity index (χ3v) is 3.87. The second-order valence-corrected chi connectivity index (χ2v) is 5.11. The van der Waals surface area contributed by atoms with Gasteiger partial charge in [0.05, 0.1) is 28.5 Å². The highest BCUT2D eigenvalue weighted by Crippen LogP contribution is 2.24. The van der Waals surface area contributed by atoms with E-state index in [1.165, 1.54) is 5.39 Å². The van der Waals surface area contributed by atoms with E-state index in [2.05, 4.69) is 15.7 Å². The third kappa shape index (κ3) is 1.98. The van der Waals surface area contributed by atoms with E-state index in [9.17, 15) is 0 Å². The number of anilines is 1. The summed E-state index contributed by atoms with van der Waals surface area (Å²) in [6.45, 7) is 2.60. The van der Waals surface area contributed by atoms with Crippen molar-refractivity contribution in [2.24, 2.45) is 7.05 Å². The number of nitrogens with two attached hydrogens (primary N) is 1. The molecule has 5 heteroatoms. The second kappa shape index (κ2) is 4.31. The summed E-state index contributed by atoms with van der Waals surface area (Å²) in [5, 5.41) is 6.24. The second-order valence-electron chi connectivity index (χ2n) is 4.73. The molecule has 98 valence electrons. The molecule has 0 fully saturated rings. The zero-order valence-corrected chi connectivity index (χ0v) is 11.6. The summed E-state index contributed by atoms with van der Waals surface area (Å²) in [6, 6.07) is 7.99. The first kappa shape index (κ1) is 12.1. The third-order valence-electron chi connectivity index (χ3n) is 3.38. The van der Waals surface area contributed by atoms with Crippen LogP contribution < -0.4 is 5.73 Å². The fraction of sp³-hybridized carbons (Fsp3) is 0.214. The van der Waals surface area contributed by atoms with Crippen LogP contribution in [-0.4, -0.2) is 14.3 Å². The van der Waals surface area contributed by atoms with E-state index in [-0.39, 0.29) is 0 Å². The van der Waals surface area contributed by atoms with Crippen LogP contribution in [0.4, 0.5) is 5.69 Å². The molecule has 0 saturated carbocycles. The maximum Gasteiger partial charge on any atom is 0.0865 e. The van der Waals surface area contributed by atoms with Gasteiger partial charge in [-0.15, -0.1) is 0 Å². The van der Waals surface area contributed by atoms with Crippen LogP contribution in [0.2, 0.25) is 5.02 Å². The number of aromatic nitrogens is 3. The molecule has 0 amide bonds. The Balaban J connectivity index is 2.08. The maximum atomic E-state index is 6.29. The van der Waals surface area contributed by atoms with Crippen molar-refractivity contribution < 1.29 is 0 Å². The van der Waals surface area contributed by atoms with Crippen molar-refractivity contribution in [2.45, 2.75) is 13.5 Å². The molecule has 0 aliphatic heterocycles. The van der Waals surface area contributed by atoms with Gasteiger partial charge in [-0.3, -0.25) is 4.68 Å². The SMILES string of the molecule is Cc1nn(C)c(Cn2ccc3ccc(N)cc32)c1Cl. The van der Waals surface area contributed by atoms with E-state index in [1.807, 2.05) is 43.0 Å². The molecule has 3 aromatic rings. The molecule has 0 aliphatic rings. The summed E-state index contributed by atoms with van der Waals surface area (Å²) >= 11 is 6.29. The monoisotopic (exact) mass is 274 g/mol. The number of rotatable bonds is 2. The Morgan fingerprint density at radius 3 is 2.79 bits per heavy atom. The van der Waals surface area contributed by atoms with Crippen LogP contribution in [0.25, 0.3) is 10.9 Å². The standard InChI is InChI=1S/C14H15ClN4/c1-9-14(15)13(18(2)17-9)8-19-6-5-10-3-4-11(16)7-12(10)19/h3-7H,8,16H2,1-2H3. The molecule has 0 radical (unpaired) electrons. The van der Waals surface area contributed by atoms with Crippen molar-refractivity contribution in [1.29, 1.82) is 0 Å². The quantitative estimate of drug-likeness (QED) is 0.731. The summed E-state index contributed by atoms with van der Waals surface area (Å²) in [7, 11) is 1.91. The molecule has 3 rings (SSSR count). The van der Waals surface area contributed by atoms with Crippen LogP contribution in [0.1, 0.15) is 11.4 Å². The Labute approximate surface area is 116 Å². The van der Waals surface area contributed by atoms with Gasteiger partial charge in [0.25, 0.3) is 0 Å². The minimum Gasteiger partial charge on any atom is -0.399 e. The largest absolute Gasteiger partial charge is 0.399 e. The molecular formula is C14H15ClN4. The average molecular weight is 275 g/mol. The van der Waals surface area contributed by atoms with Crippen molar-refractivity contribution in [3.8, 4) is 0 Å². The van der Waals surface area contributed by atoms with Crippen molar-refractivity contribution in [3.05, 3.63) is 46.9 Å². The molecule has 0 atom stereocenters. The van der Waals surface area contributed by atoms with Gasteiger partial charge in [-0.1, -0.05) is 17.7 Å². The summed E-state index contributed by atoms with van der Waals surface area (Å²) < 4.78 is 3.96. The van der Waals surface area contributed by atoms with Crippen LogP contribution in [-0.2, 0) is 13.6 Å². The molecule has 0 spiro atoms. The van der Waals surface area contributed by atoms with Gasteiger partial charge in [0, 0.05) is 18.9 Å². The van der Waals surface area contributed by atoms with Crippen molar-refractivity contribution >= 4 is 28.2 Å². The summed E-state index contributed by atoms with van der Waals surface area (Å²) in [5.41, 5.74) is 9.58. The Hall–Kier alpha value is -1.94. The van der Waals surface area contributed by atoms with Crippen molar-refractivity contribution in [1.82, 2.24) is 14.3 Å². The first-order valence-electron chi connectivity index (χ1n) is 6.08. The van der Waals surface area contributed by atoms with Gasteiger partial charge >= 0.3 is 0 Å². The Morgan fingerprint density at radius 1 is 1.32 bits per heavy atom. The van der Waals surface area contributed by atoms with Crippen LogP contribution in [0.3, 0.4) is 0 Å². The van der Waals surface area contributed by atoms with Gasteiger partial charge in [0.1, 0.15) is 0 Å². The number of hydrogen-bond acceptors (Lipinski definition) is 2. The number of fused-ring (bicyclic) bond motifs is 1. The molecule has 2 heterocycles. The lowest BCUT2D eigenvalue weighted by Gasteiger charge is -2.07. The van der Waals surface area contributed by atoms with Crippen LogP contribution in [0.5, 0.6) is 0 Å². The zero-order valence-electron chi connectivity index (χ0n) is 10.9. The van der Waals surface area contributed by atoms with E-state index in [4.69, 9.17) is 17.3 Å². The molecule has 1 aromatic carbocycles. The molecule has 0 unspecified atom stereocenters. The van der Waals surface area contributed by atoms with E-state index >= 15 is 0 Å². The minimum absolute atomic E-state index is 0.684. The predicted molar refractivity (Wildman–Crippen MR) is 78.4 cm³/mol. The lowest BCUT2D eigenvalue weighted by atomic mass is 10.2. The molecule has 19 heavy (non-hydrogen) atoms. The van der Waals surface area contributed by atoms with E-state index < -0.39 is 0 Å². The summed E-state index contributed by atoms with van der Waals surface area (Å²) in [6.07, 6.45) is 2.04. The van der Waals surface area contributed by atoms with Crippen LogP contribution in [0.15, 0.2) is 30.5 Å². The van der Waals surface area contributed by atoms with Crippen LogP contribution >= 0.6 is 11.6 Å².